The van der Waals surface area contributed by atoms with E-state index in [1.165, 1.54) is 17.0 Å². The van der Waals surface area contributed by atoms with Crippen LogP contribution in [0.5, 0.6) is 5.75 Å². The molecule has 0 heterocycles. The van der Waals surface area contributed by atoms with Gasteiger partial charge in [0.05, 0.1) is 17.2 Å². The molecule has 0 saturated heterocycles. The molecule has 0 aromatic heterocycles. The zero-order chi connectivity index (χ0) is 35.1. The number of sulfonamides is 1. The number of rotatable bonds is 13. The Morgan fingerprint density at radius 1 is 0.854 bits per heavy atom. The molecule has 0 radical (unpaired) electrons. The van der Waals surface area contributed by atoms with Crippen molar-refractivity contribution in [2.75, 3.05) is 17.5 Å². The summed E-state index contributed by atoms with van der Waals surface area (Å²) in [5.74, 6) is -0.504. The van der Waals surface area contributed by atoms with Gasteiger partial charge in [-0.25, -0.2) is 8.42 Å². The van der Waals surface area contributed by atoms with E-state index in [-0.39, 0.29) is 23.5 Å². The third-order valence-corrected chi connectivity index (χ3v) is 9.98. The van der Waals surface area contributed by atoms with Gasteiger partial charge in [-0.3, -0.25) is 13.9 Å². The van der Waals surface area contributed by atoms with Crippen molar-refractivity contribution in [3.63, 3.8) is 0 Å². The molecule has 1 atom stereocenters. The number of hydrogen-bond acceptors (Lipinski definition) is 5. The van der Waals surface area contributed by atoms with Gasteiger partial charge in [-0.1, -0.05) is 77.3 Å². The second-order valence-corrected chi connectivity index (χ2v) is 15.1. The molecule has 4 aromatic rings. The fourth-order valence-corrected chi connectivity index (χ4v) is 7.03. The molecule has 0 aliphatic heterocycles. The van der Waals surface area contributed by atoms with E-state index in [9.17, 15) is 18.0 Å². The molecule has 0 aliphatic carbocycles. The lowest BCUT2D eigenvalue weighted by atomic mass is 10.0. The predicted octanol–water partition coefficient (Wildman–Crippen LogP) is 7.45. The molecule has 11 heteroatoms. The normalized spacial score (nSPS) is 12.2. The molecule has 0 spiro atoms. The summed E-state index contributed by atoms with van der Waals surface area (Å²) in [7, 11) is -4.27. The molecule has 0 aliphatic rings. The smallest absolute Gasteiger partial charge is 0.264 e. The van der Waals surface area contributed by atoms with Crippen molar-refractivity contribution >= 4 is 50.7 Å². The van der Waals surface area contributed by atoms with E-state index >= 15 is 0 Å². The van der Waals surface area contributed by atoms with Crippen molar-refractivity contribution in [3.05, 3.63) is 124 Å². The summed E-state index contributed by atoms with van der Waals surface area (Å²) in [5, 5.41) is 3.64. The quantitative estimate of drug-likeness (QED) is 0.156. The first-order valence-electron chi connectivity index (χ1n) is 15.6. The number of carbonyl (C=O) groups excluding carboxylic acids is 2. The van der Waals surface area contributed by atoms with Gasteiger partial charge in [0.25, 0.3) is 10.0 Å². The predicted molar refractivity (Wildman–Crippen MR) is 192 cm³/mol. The van der Waals surface area contributed by atoms with Gasteiger partial charge in [-0.15, -0.1) is 0 Å². The van der Waals surface area contributed by atoms with Gasteiger partial charge >= 0.3 is 0 Å². The second-order valence-electron chi connectivity index (χ2n) is 12.4. The highest BCUT2D eigenvalue weighted by molar-refractivity contribution is 7.92. The zero-order valence-electron chi connectivity index (χ0n) is 27.7. The Kier molecular flexibility index (Phi) is 12.2. The topological polar surface area (TPSA) is 96.0 Å². The van der Waals surface area contributed by atoms with Crippen LogP contribution in [0, 0.1) is 6.92 Å². The maximum absolute atomic E-state index is 14.7. The minimum atomic E-state index is -4.27. The van der Waals surface area contributed by atoms with E-state index in [0.717, 1.165) is 15.4 Å². The van der Waals surface area contributed by atoms with Crippen LogP contribution >= 0.6 is 23.2 Å². The number of anilines is 1. The summed E-state index contributed by atoms with van der Waals surface area (Å²) in [5.41, 5.74) is 1.84. The van der Waals surface area contributed by atoms with Crippen molar-refractivity contribution in [2.45, 2.75) is 64.1 Å². The number of carbonyl (C=O) groups is 2. The zero-order valence-corrected chi connectivity index (χ0v) is 30.1. The number of amides is 2. The molecule has 4 aromatic carbocycles. The van der Waals surface area contributed by atoms with E-state index < -0.39 is 40.0 Å². The van der Waals surface area contributed by atoms with Crippen molar-refractivity contribution in [2.24, 2.45) is 0 Å². The Morgan fingerprint density at radius 2 is 1.46 bits per heavy atom. The number of nitrogens with zero attached hydrogens (tertiary/aromatic N) is 2. The SMILES string of the molecule is CCOc1ccc(S(=O)(=O)N(CC(=O)N(Cc2c(Cl)cccc2Cl)[C@@H](Cc2ccccc2)C(=O)NC(C)(C)C)c2ccc(C)cc2)cc1. The lowest BCUT2D eigenvalue weighted by molar-refractivity contribution is -0.140. The van der Waals surface area contributed by atoms with Crippen molar-refractivity contribution in [3.8, 4) is 5.75 Å². The molecule has 8 nitrogen and oxygen atoms in total. The Labute approximate surface area is 293 Å². The first kappa shape index (κ1) is 36.8. The third-order valence-electron chi connectivity index (χ3n) is 7.48. The minimum absolute atomic E-state index is 0.0219. The van der Waals surface area contributed by atoms with Crippen LogP contribution in [0.4, 0.5) is 5.69 Å². The maximum Gasteiger partial charge on any atom is 0.264 e. The van der Waals surface area contributed by atoms with E-state index in [1.807, 2.05) is 65.0 Å². The van der Waals surface area contributed by atoms with Crippen LogP contribution in [0.25, 0.3) is 0 Å². The Hall–Kier alpha value is -4.05. The molecule has 2 amide bonds. The molecule has 1 N–H and O–H groups in total. The van der Waals surface area contributed by atoms with Crippen molar-refractivity contribution in [1.82, 2.24) is 10.2 Å². The molecule has 4 rings (SSSR count). The van der Waals surface area contributed by atoms with E-state index in [0.29, 0.717) is 28.0 Å². The van der Waals surface area contributed by atoms with Gasteiger partial charge in [-0.05, 0) is 88.7 Å². The molecule has 0 saturated carbocycles. The summed E-state index contributed by atoms with van der Waals surface area (Å²) in [4.78, 5) is 30.1. The monoisotopic (exact) mass is 709 g/mol. The molecule has 0 fully saturated rings. The van der Waals surface area contributed by atoms with Gasteiger partial charge < -0.3 is 15.0 Å². The van der Waals surface area contributed by atoms with Gasteiger partial charge in [0.2, 0.25) is 11.8 Å². The maximum atomic E-state index is 14.7. The molecule has 48 heavy (non-hydrogen) atoms. The molecule has 254 valence electrons. The second kappa shape index (κ2) is 15.9. The van der Waals surface area contributed by atoms with Crippen LogP contribution in [0.1, 0.15) is 44.4 Å². The number of benzene rings is 4. The summed E-state index contributed by atoms with van der Waals surface area (Å²) in [6.07, 6.45) is 0.159. The fraction of sp³-hybridized carbons (Fsp3) is 0.297. The summed E-state index contributed by atoms with van der Waals surface area (Å²) in [6.45, 7) is 8.96. The van der Waals surface area contributed by atoms with E-state index in [1.54, 1.807) is 54.6 Å². The van der Waals surface area contributed by atoms with Crippen LogP contribution in [0.15, 0.2) is 102 Å². The minimum Gasteiger partial charge on any atom is -0.494 e. The Morgan fingerprint density at radius 3 is 2.02 bits per heavy atom. The summed E-state index contributed by atoms with van der Waals surface area (Å²) >= 11 is 13.2. The molecule has 0 bridgehead atoms. The summed E-state index contributed by atoms with van der Waals surface area (Å²) in [6, 6.07) is 26.2. The van der Waals surface area contributed by atoms with Gasteiger partial charge in [0.15, 0.2) is 0 Å². The van der Waals surface area contributed by atoms with Crippen LogP contribution < -0.4 is 14.4 Å². The number of halogens is 2. The molecule has 0 unspecified atom stereocenters. The number of aryl methyl sites for hydroxylation is 1. The van der Waals surface area contributed by atoms with Crippen molar-refractivity contribution in [1.29, 1.82) is 0 Å². The average molecular weight is 711 g/mol. The Bertz CT molecular complexity index is 1790. The standard InChI is InChI=1S/C37H41Cl2N3O5S/c1-6-47-29-19-21-30(22-20-29)48(45,46)42(28-17-15-26(2)16-18-28)25-35(43)41(24-31-32(38)13-10-14-33(31)39)34(36(44)40-37(3,4)5)23-27-11-8-7-9-12-27/h7-22,34H,6,23-25H2,1-5H3,(H,40,44)/t34-/m0/s1. The van der Waals surface area contributed by atoms with E-state index in [4.69, 9.17) is 27.9 Å². The fourth-order valence-electron chi connectivity index (χ4n) is 5.10. The first-order valence-corrected chi connectivity index (χ1v) is 17.8. The van der Waals surface area contributed by atoms with E-state index in [2.05, 4.69) is 5.32 Å². The van der Waals surface area contributed by atoms with Crippen LogP contribution in [0.2, 0.25) is 10.0 Å². The lowest BCUT2D eigenvalue weighted by Crippen LogP contribution is -2.56. The number of ether oxygens (including phenoxy) is 1. The van der Waals surface area contributed by atoms with Crippen LogP contribution in [0.3, 0.4) is 0 Å². The highest BCUT2D eigenvalue weighted by atomic mass is 35.5. The lowest BCUT2D eigenvalue weighted by Gasteiger charge is -2.35. The number of nitrogens with one attached hydrogen (secondary N) is 1. The average Bonchev–Trinajstić information content (AvgIpc) is 3.03. The number of hydrogen-bond donors (Lipinski definition) is 1. The van der Waals surface area contributed by atoms with Gasteiger partial charge in [0.1, 0.15) is 18.3 Å². The van der Waals surface area contributed by atoms with Crippen LogP contribution in [-0.4, -0.2) is 49.9 Å². The largest absolute Gasteiger partial charge is 0.494 e. The van der Waals surface area contributed by atoms with Gasteiger partial charge in [0, 0.05) is 34.1 Å². The highest BCUT2D eigenvalue weighted by Gasteiger charge is 2.36. The van der Waals surface area contributed by atoms with Gasteiger partial charge in [-0.2, -0.15) is 0 Å². The Balaban J connectivity index is 1.84. The summed E-state index contributed by atoms with van der Waals surface area (Å²) < 4.78 is 35.1. The van der Waals surface area contributed by atoms with Crippen LogP contribution in [-0.2, 0) is 32.6 Å². The molecular formula is C37H41Cl2N3O5S. The molecular weight excluding hydrogens is 669 g/mol. The highest BCUT2D eigenvalue weighted by Crippen LogP contribution is 2.30. The first-order chi connectivity index (χ1) is 22.7. The van der Waals surface area contributed by atoms with Crippen molar-refractivity contribution < 1.29 is 22.7 Å². The third kappa shape index (κ3) is 9.52.